The molecule has 0 radical (unpaired) electrons. The van der Waals surface area contributed by atoms with Crippen LogP contribution >= 0.6 is 0 Å². The lowest BCUT2D eigenvalue weighted by atomic mass is 10.0. The monoisotopic (exact) mass is 577 g/mol. The topological polar surface area (TPSA) is 137 Å². The van der Waals surface area contributed by atoms with E-state index in [9.17, 15) is 19.5 Å². The predicted molar refractivity (Wildman–Crippen MR) is 158 cm³/mol. The van der Waals surface area contributed by atoms with Crippen LogP contribution in [0.1, 0.15) is 36.4 Å². The number of urea groups is 1. The van der Waals surface area contributed by atoms with Gasteiger partial charge < -0.3 is 34.8 Å². The third-order valence-corrected chi connectivity index (χ3v) is 7.47. The van der Waals surface area contributed by atoms with Gasteiger partial charge in [0.25, 0.3) is 0 Å². The average molecular weight is 578 g/mol. The number of aryl methyl sites for hydroxylation is 2. The highest BCUT2D eigenvalue weighted by molar-refractivity contribution is 5.93. The Bertz CT molecular complexity index is 1390. The lowest BCUT2D eigenvalue weighted by Crippen LogP contribution is -2.48. The molecule has 0 unspecified atom stereocenters. The first-order valence-electron chi connectivity index (χ1n) is 14.0. The molecule has 1 aliphatic rings. The molecule has 224 valence electrons. The number of aliphatic hydroxyl groups is 1. The summed E-state index contributed by atoms with van der Waals surface area (Å²) in [5, 5.41) is 19.5. The predicted octanol–water partition coefficient (Wildman–Crippen LogP) is 3.79. The molecule has 0 bridgehead atoms. The van der Waals surface area contributed by atoms with E-state index in [0.29, 0.717) is 40.7 Å². The summed E-state index contributed by atoms with van der Waals surface area (Å²) in [6, 6.07) is 13.9. The Balaban J connectivity index is 1.56. The number of amides is 4. The molecule has 0 aliphatic carbocycles. The standard InChI is InChI=1S/C31H39N5O6/c1-19-16-36(20(2)18-37)29(39)15-24-14-25(32-28(38)13-23-9-7-6-8-10-23)11-12-26(24)41-27(19)17-35(5)31(40)33-30-21(3)34-42-22(30)4/h6-12,14,19-20,27,37H,13,15-18H2,1-5H3,(H,32,38)(H,33,40)/t19-,20-,27+/m1/s1. The van der Waals surface area contributed by atoms with E-state index in [2.05, 4.69) is 15.8 Å². The summed E-state index contributed by atoms with van der Waals surface area (Å²) >= 11 is 0. The van der Waals surface area contributed by atoms with Crippen LogP contribution in [0.2, 0.25) is 0 Å². The van der Waals surface area contributed by atoms with Gasteiger partial charge in [0.1, 0.15) is 23.2 Å². The summed E-state index contributed by atoms with van der Waals surface area (Å²) in [5.41, 5.74) is 3.15. The number of fused-ring (bicyclic) bond motifs is 1. The van der Waals surface area contributed by atoms with Crippen LogP contribution in [-0.2, 0) is 22.4 Å². The normalized spacial score (nSPS) is 17.7. The molecule has 0 spiro atoms. The van der Waals surface area contributed by atoms with Crippen molar-refractivity contribution in [3.05, 3.63) is 71.1 Å². The zero-order valence-electron chi connectivity index (χ0n) is 24.7. The maximum Gasteiger partial charge on any atom is 0.321 e. The number of likely N-dealkylation sites (N-methyl/N-ethyl adjacent to an activating group) is 1. The van der Waals surface area contributed by atoms with Gasteiger partial charge in [-0.1, -0.05) is 42.4 Å². The van der Waals surface area contributed by atoms with Gasteiger partial charge in [-0.15, -0.1) is 0 Å². The number of rotatable bonds is 8. The second-order valence-electron chi connectivity index (χ2n) is 10.9. The summed E-state index contributed by atoms with van der Waals surface area (Å²) in [6.07, 6.45) is -0.233. The van der Waals surface area contributed by atoms with Crippen molar-refractivity contribution in [2.45, 2.75) is 52.7 Å². The van der Waals surface area contributed by atoms with Crippen molar-refractivity contribution in [3.63, 3.8) is 0 Å². The third-order valence-electron chi connectivity index (χ3n) is 7.47. The summed E-state index contributed by atoms with van der Waals surface area (Å²) in [4.78, 5) is 42.4. The van der Waals surface area contributed by atoms with E-state index < -0.39 is 12.1 Å². The summed E-state index contributed by atoms with van der Waals surface area (Å²) in [6.45, 7) is 7.59. The highest BCUT2D eigenvalue weighted by Crippen LogP contribution is 2.29. The Morgan fingerprint density at radius 1 is 1.17 bits per heavy atom. The molecule has 42 heavy (non-hydrogen) atoms. The van der Waals surface area contributed by atoms with Gasteiger partial charge >= 0.3 is 6.03 Å². The maximum atomic E-state index is 13.5. The number of aliphatic hydroxyl groups excluding tert-OH is 1. The Kier molecular flexibility index (Phi) is 9.84. The molecule has 11 nitrogen and oxygen atoms in total. The van der Waals surface area contributed by atoms with Gasteiger partial charge in [0.2, 0.25) is 11.8 Å². The number of carbonyl (C=O) groups is 3. The number of hydrogen-bond donors (Lipinski definition) is 3. The largest absolute Gasteiger partial charge is 0.488 e. The van der Waals surface area contributed by atoms with Crippen molar-refractivity contribution in [2.24, 2.45) is 5.92 Å². The highest BCUT2D eigenvalue weighted by Gasteiger charge is 2.32. The Hall–Kier alpha value is -4.38. The van der Waals surface area contributed by atoms with Crippen LogP contribution in [0.4, 0.5) is 16.2 Å². The SMILES string of the molecule is Cc1noc(C)c1NC(=O)N(C)C[C@@H]1Oc2ccc(NC(=O)Cc3ccccc3)cc2CC(=O)N([C@H](C)CO)C[C@H]1C. The Morgan fingerprint density at radius 2 is 1.90 bits per heavy atom. The summed E-state index contributed by atoms with van der Waals surface area (Å²) < 4.78 is 11.6. The number of nitrogens with one attached hydrogen (secondary N) is 2. The summed E-state index contributed by atoms with van der Waals surface area (Å²) in [5.74, 6) is 0.484. The zero-order valence-corrected chi connectivity index (χ0v) is 24.7. The second-order valence-corrected chi connectivity index (χ2v) is 10.9. The quantitative estimate of drug-likeness (QED) is 0.371. The minimum Gasteiger partial charge on any atom is -0.488 e. The van der Waals surface area contributed by atoms with E-state index in [0.717, 1.165) is 5.56 Å². The highest BCUT2D eigenvalue weighted by atomic mass is 16.5. The molecule has 1 aliphatic heterocycles. The van der Waals surface area contributed by atoms with Crippen molar-refractivity contribution in [1.82, 2.24) is 15.0 Å². The van der Waals surface area contributed by atoms with E-state index in [1.165, 1.54) is 4.90 Å². The molecule has 4 rings (SSSR count). The van der Waals surface area contributed by atoms with Crippen molar-refractivity contribution < 1.29 is 28.8 Å². The minimum atomic E-state index is -0.484. The lowest BCUT2D eigenvalue weighted by molar-refractivity contribution is -0.134. The lowest BCUT2D eigenvalue weighted by Gasteiger charge is -2.34. The van der Waals surface area contributed by atoms with E-state index in [1.54, 1.807) is 50.9 Å². The zero-order chi connectivity index (χ0) is 30.4. The van der Waals surface area contributed by atoms with Gasteiger partial charge in [0.05, 0.1) is 32.0 Å². The molecule has 2 heterocycles. The first-order valence-corrected chi connectivity index (χ1v) is 14.0. The number of aromatic nitrogens is 1. The summed E-state index contributed by atoms with van der Waals surface area (Å²) in [7, 11) is 1.67. The van der Waals surface area contributed by atoms with E-state index >= 15 is 0 Å². The first-order chi connectivity index (χ1) is 20.0. The average Bonchev–Trinajstić information content (AvgIpc) is 3.29. The van der Waals surface area contributed by atoms with E-state index in [4.69, 9.17) is 9.26 Å². The third kappa shape index (κ3) is 7.47. The number of ether oxygens (including phenoxy) is 1. The van der Waals surface area contributed by atoms with Crippen molar-refractivity contribution in [1.29, 1.82) is 0 Å². The van der Waals surface area contributed by atoms with Crippen LogP contribution in [0.25, 0.3) is 0 Å². The molecule has 3 N–H and O–H groups in total. The molecule has 2 aromatic carbocycles. The maximum absolute atomic E-state index is 13.5. The van der Waals surface area contributed by atoms with Crippen LogP contribution < -0.4 is 15.4 Å². The van der Waals surface area contributed by atoms with Crippen LogP contribution in [0, 0.1) is 19.8 Å². The molecular formula is C31H39N5O6. The van der Waals surface area contributed by atoms with E-state index in [1.807, 2.05) is 37.3 Å². The fraction of sp³-hybridized carbons (Fsp3) is 0.419. The Labute approximate surface area is 245 Å². The molecule has 11 heteroatoms. The van der Waals surface area contributed by atoms with Gasteiger partial charge in [-0.05, 0) is 44.5 Å². The first kappa shape index (κ1) is 30.6. The molecular weight excluding hydrogens is 538 g/mol. The fourth-order valence-electron chi connectivity index (χ4n) is 4.93. The molecule has 0 saturated heterocycles. The smallest absolute Gasteiger partial charge is 0.321 e. The van der Waals surface area contributed by atoms with Crippen molar-refractivity contribution >= 4 is 29.2 Å². The molecule has 4 amide bonds. The van der Waals surface area contributed by atoms with Crippen LogP contribution in [-0.4, -0.2) is 76.8 Å². The number of benzene rings is 2. The molecule has 3 atom stereocenters. The number of carbonyl (C=O) groups excluding carboxylic acids is 3. The fourth-order valence-corrected chi connectivity index (χ4v) is 4.93. The van der Waals surface area contributed by atoms with Crippen LogP contribution in [0.5, 0.6) is 5.75 Å². The van der Waals surface area contributed by atoms with Crippen molar-refractivity contribution in [3.8, 4) is 5.75 Å². The van der Waals surface area contributed by atoms with Gasteiger partial charge in [-0.2, -0.15) is 0 Å². The van der Waals surface area contributed by atoms with Crippen molar-refractivity contribution in [2.75, 3.05) is 37.4 Å². The van der Waals surface area contributed by atoms with E-state index in [-0.39, 0.29) is 49.8 Å². The molecule has 0 saturated carbocycles. The minimum absolute atomic E-state index is 0.0316. The van der Waals surface area contributed by atoms with Gasteiger partial charge in [0.15, 0.2) is 5.76 Å². The van der Waals surface area contributed by atoms with Crippen LogP contribution in [0.15, 0.2) is 53.1 Å². The van der Waals surface area contributed by atoms with Gasteiger partial charge in [-0.3, -0.25) is 9.59 Å². The number of hydrogen-bond acceptors (Lipinski definition) is 7. The second kappa shape index (κ2) is 13.5. The van der Waals surface area contributed by atoms with Gasteiger partial charge in [-0.25, -0.2) is 4.79 Å². The Morgan fingerprint density at radius 3 is 2.57 bits per heavy atom. The van der Waals surface area contributed by atoms with Crippen LogP contribution in [0.3, 0.4) is 0 Å². The molecule has 1 aromatic heterocycles. The number of nitrogens with zero attached hydrogens (tertiary/aromatic N) is 3. The molecule has 3 aromatic rings. The van der Waals surface area contributed by atoms with Gasteiger partial charge in [0, 0.05) is 30.8 Å². The molecule has 0 fully saturated rings. The number of anilines is 2.